The Morgan fingerprint density at radius 3 is 2.59 bits per heavy atom. The number of nitrogens with zero attached hydrogens (tertiary/aromatic N) is 1. The summed E-state index contributed by atoms with van der Waals surface area (Å²) in [4.78, 5) is 10.1. The average Bonchev–Trinajstić information content (AvgIpc) is 2.70. The van der Waals surface area contributed by atoms with E-state index in [0.29, 0.717) is 0 Å². The Morgan fingerprint density at radius 1 is 1.29 bits per heavy atom. The molecule has 0 fully saturated rings. The van der Waals surface area contributed by atoms with E-state index in [2.05, 4.69) is 0 Å². The smallest absolute Gasteiger partial charge is 0.258 e. The summed E-state index contributed by atoms with van der Waals surface area (Å²) in [6, 6.07) is 4.02. The largest absolute Gasteiger partial charge is 0.287 e. The number of hydrogen-bond donors (Lipinski definition) is 0. The first-order valence-corrected chi connectivity index (χ1v) is 5.47. The van der Waals surface area contributed by atoms with Crippen LogP contribution in [0.25, 0.3) is 10.1 Å². The summed E-state index contributed by atoms with van der Waals surface area (Å²) in [5.41, 5.74) is -0.385. The Bertz CT molecular complexity index is 570. The van der Waals surface area contributed by atoms with Crippen molar-refractivity contribution in [1.82, 2.24) is 0 Å². The molecule has 3 nitrogen and oxygen atoms in total. The third-order valence-corrected chi connectivity index (χ3v) is 3.36. The number of alkyl halides is 3. The van der Waals surface area contributed by atoms with E-state index in [4.69, 9.17) is 0 Å². The van der Waals surface area contributed by atoms with Crippen LogP contribution < -0.4 is 0 Å². The third kappa shape index (κ3) is 1.97. The number of benzene rings is 1. The van der Waals surface area contributed by atoms with Gasteiger partial charge >= 0.3 is 0 Å². The van der Waals surface area contributed by atoms with E-state index in [1.54, 1.807) is 0 Å². The summed E-state index contributed by atoms with van der Waals surface area (Å²) in [6.07, 6.45) is -5.54. The molecule has 2 rings (SSSR count). The van der Waals surface area contributed by atoms with Crippen LogP contribution in [0.3, 0.4) is 0 Å². The summed E-state index contributed by atoms with van der Waals surface area (Å²) in [5.74, 6) is 0. The van der Waals surface area contributed by atoms with Crippen molar-refractivity contribution >= 4 is 27.1 Å². The molecular formula is C10H6F3NO2S. The van der Waals surface area contributed by atoms with Crippen LogP contribution in [0.2, 0.25) is 0 Å². The molecule has 0 N–H and O–H groups in total. The van der Waals surface area contributed by atoms with E-state index in [9.17, 15) is 23.3 Å². The van der Waals surface area contributed by atoms with Gasteiger partial charge in [0, 0.05) is 17.0 Å². The van der Waals surface area contributed by atoms with Crippen molar-refractivity contribution in [2.45, 2.75) is 12.6 Å². The van der Waals surface area contributed by atoms with E-state index >= 15 is 0 Å². The molecule has 90 valence electrons. The van der Waals surface area contributed by atoms with E-state index in [-0.39, 0.29) is 21.3 Å². The minimum atomic E-state index is -3.13. The highest BCUT2D eigenvalue weighted by Crippen LogP contribution is 2.39. The molecule has 17 heavy (non-hydrogen) atoms. The van der Waals surface area contributed by atoms with Gasteiger partial charge in [-0.25, -0.2) is 13.2 Å². The fourth-order valence-electron chi connectivity index (χ4n) is 1.55. The molecule has 0 radical (unpaired) electrons. The van der Waals surface area contributed by atoms with Gasteiger partial charge in [0.15, 0.2) is 6.17 Å². The second-order valence-corrected chi connectivity index (χ2v) is 4.22. The lowest BCUT2D eigenvalue weighted by Gasteiger charge is -2.05. The summed E-state index contributed by atoms with van der Waals surface area (Å²) in [6.45, 7) is 0. The molecule has 0 bridgehead atoms. The van der Waals surface area contributed by atoms with Gasteiger partial charge in [0.2, 0.25) is 0 Å². The number of nitro groups is 1. The fourth-order valence-corrected chi connectivity index (χ4v) is 2.63. The molecule has 2 aromatic rings. The van der Waals surface area contributed by atoms with E-state index in [1.165, 1.54) is 23.6 Å². The zero-order valence-corrected chi connectivity index (χ0v) is 9.09. The SMILES string of the molecule is O=[N+]([O-])c1cccc2c(C(F)C(F)F)csc12. The molecule has 1 aromatic carbocycles. The monoisotopic (exact) mass is 261 g/mol. The zero-order chi connectivity index (χ0) is 12.6. The molecule has 7 heteroatoms. The van der Waals surface area contributed by atoms with Crippen molar-refractivity contribution in [3.8, 4) is 0 Å². The highest BCUT2D eigenvalue weighted by molar-refractivity contribution is 7.18. The van der Waals surface area contributed by atoms with Crippen molar-refractivity contribution in [1.29, 1.82) is 0 Å². The molecule has 1 heterocycles. The van der Waals surface area contributed by atoms with Crippen LogP contribution in [0.15, 0.2) is 23.6 Å². The maximum absolute atomic E-state index is 13.2. The second kappa shape index (κ2) is 4.33. The maximum atomic E-state index is 13.2. The standard InChI is InChI=1S/C10H6F3NO2S/c11-8(10(12)13)6-4-17-9-5(6)2-1-3-7(9)14(15)16/h1-4,8,10H. The first-order chi connectivity index (χ1) is 8.02. The molecule has 0 saturated heterocycles. The first-order valence-electron chi connectivity index (χ1n) is 4.59. The fraction of sp³-hybridized carbons (Fsp3) is 0.200. The molecule has 0 spiro atoms. The topological polar surface area (TPSA) is 43.1 Å². The molecule has 1 aromatic heterocycles. The lowest BCUT2D eigenvalue weighted by Crippen LogP contribution is -2.02. The quantitative estimate of drug-likeness (QED) is 0.617. The molecular weight excluding hydrogens is 255 g/mol. The van der Waals surface area contributed by atoms with Gasteiger partial charge in [0.05, 0.1) is 4.92 Å². The average molecular weight is 261 g/mol. The zero-order valence-electron chi connectivity index (χ0n) is 8.27. The van der Waals surface area contributed by atoms with Crippen LogP contribution in [0, 0.1) is 10.1 Å². The Balaban J connectivity index is 2.62. The molecule has 0 aliphatic heterocycles. The van der Waals surface area contributed by atoms with Crippen molar-refractivity contribution in [2.75, 3.05) is 0 Å². The molecule has 1 atom stereocenters. The molecule has 0 aliphatic carbocycles. The van der Waals surface area contributed by atoms with Gasteiger partial charge in [-0.2, -0.15) is 0 Å². The number of rotatable bonds is 3. The lowest BCUT2D eigenvalue weighted by atomic mass is 10.1. The van der Waals surface area contributed by atoms with Gasteiger partial charge < -0.3 is 0 Å². The van der Waals surface area contributed by atoms with Crippen molar-refractivity contribution in [3.63, 3.8) is 0 Å². The Morgan fingerprint density at radius 2 is 2.00 bits per heavy atom. The highest BCUT2D eigenvalue weighted by atomic mass is 32.1. The molecule has 1 unspecified atom stereocenters. The third-order valence-electron chi connectivity index (χ3n) is 2.32. The molecule has 0 amide bonds. The normalized spacial score (nSPS) is 13.2. The van der Waals surface area contributed by atoms with E-state index < -0.39 is 17.5 Å². The minimum Gasteiger partial charge on any atom is -0.258 e. The number of nitro benzene ring substituents is 1. The Kier molecular flexibility index (Phi) is 3.01. The number of non-ortho nitro benzene ring substituents is 1. The van der Waals surface area contributed by atoms with E-state index in [0.717, 1.165) is 11.3 Å². The summed E-state index contributed by atoms with van der Waals surface area (Å²) in [7, 11) is 0. The number of fused-ring (bicyclic) bond motifs is 1. The van der Waals surface area contributed by atoms with Gasteiger partial charge in [-0.05, 0) is 5.38 Å². The Labute approximate surface area is 97.6 Å². The molecule has 0 saturated carbocycles. The number of hydrogen-bond acceptors (Lipinski definition) is 3. The van der Waals surface area contributed by atoms with Crippen LogP contribution in [0.1, 0.15) is 11.7 Å². The van der Waals surface area contributed by atoms with Crippen LogP contribution in [0.5, 0.6) is 0 Å². The summed E-state index contributed by atoms with van der Waals surface area (Å²) >= 11 is 0.900. The summed E-state index contributed by atoms with van der Waals surface area (Å²) < 4.78 is 38.0. The highest BCUT2D eigenvalue weighted by Gasteiger charge is 2.26. The minimum absolute atomic E-state index is 0.178. The van der Waals surface area contributed by atoms with Crippen LogP contribution in [-0.4, -0.2) is 11.3 Å². The lowest BCUT2D eigenvalue weighted by molar-refractivity contribution is -0.382. The van der Waals surface area contributed by atoms with Crippen LogP contribution in [-0.2, 0) is 0 Å². The van der Waals surface area contributed by atoms with Crippen molar-refractivity contribution in [2.24, 2.45) is 0 Å². The van der Waals surface area contributed by atoms with Crippen LogP contribution >= 0.6 is 11.3 Å². The predicted molar refractivity (Wildman–Crippen MR) is 58.3 cm³/mol. The number of thiophene rings is 1. The molecule has 0 aliphatic rings. The van der Waals surface area contributed by atoms with Gasteiger partial charge in [-0.1, -0.05) is 12.1 Å². The van der Waals surface area contributed by atoms with Gasteiger partial charge in [0.25, 0.3) is 12.1 Å². The van der Waals surface area contributed by atoms with Crippen LogP contribution in [0.4, 0.5) is 18.9 Å². The van der Waals surface area contributed by atoms with Gasteiger partial charge in [-0.3, -0.25) is 10.1 Å². The second-order valence-electron chi connectivity index (χ2n) is 3.34. The first kappa shape index (κ1) is 11.8. The number of halogens is 3. The van der Waals surface area contributed by atoms with Gasteiger partial charge in [-0.15, -0.1) is 11.3 Å². The van der Waals surface area contributed by atoms with Crippen molar-refractivity contribution in [3.05, 3.63) is 39.3 Å². The van der Waals surface area contributed by atoms with Crippen molar-refractivity contribution < 1.29 is 18.1 Å². The Hall–Kier alpha value is -1.63. The predicted octanol–water partition coefficient (Wildman–Crippen LogP) is 4.09. The van der Waals surface area contributed by atoms with Gasteiger partial charge in [0.1, 0.15) is 4.70 Å². The van der Waals surface area contributed by atoms with E-state index in [1.807, 2.05) is 0 Å². The summed E-state index contributed by atoms with van der Waals surface area (Å²) in [5, 5.41) is 12.1. The maximum Gasteiger partial charge on any atom is 0.287 e.